The van der Waals surface area contributed by atoms with Crippen molar-refractivity contribution in [1.29, 1.82) is 0 Å². The van der Waals surface area contributed by atoms with E-state index < -0.39 is 11.8 Å². The van der Waals surface area contributed by atoms with Gasteiger partial charge in [0.1, 0.15) is 5.82 Å². The zero-order valence-corrected chi connectivity index (χ0v) is 17.3. The smallest absolute Gasteiger partial charge is 0.318 e. The van der Waals surface area contributed by atoms with E-state index in [4.69, 9.17) is 0 Å². The van der Waals surface area contributed by atoms with Crippen LogP contribution < -0.4 is 10.7 Å². The van der Waals surface area contributed by atoms with Gasteiger partial charge in [-0.2, -0.15) is 5.10 Å². The summed E-state index contributed by atoms with van der Waals surface area (Å²) in [5.74, 6) is -2.03. The molecule has 6 nitrogen and oxygen atoms in total. The molecule has 3 rings (SSSR count). The summed E-state index contributed by atoms with van der Waals surface area (Å²) < 4.78 is 15.9. The molecular weight excluding hydrogens is 383 g/mol. The van der Waals surface area contributed by atoms with Crippen LogP contribution in [0.25, 0.3) is 5.69 Å². The van der Waals surface area contributed by atoms with Gasteiger partial charge in [-0.25, -0.2) is 9.82 Å². The summed E-state index contributed by atoms with van der Waals surface area (Å²) in [6, 6.07) is 13.7. The number of carbonyl (C=O) groups excluding carboxylic acids is 2. The summed E-state index contributed by atoms with van der Waals surface area (Å²) in [5, 5.41) is 6.41. The SMILES string of the molecule is Cc1ccc(NC(=O)C(=O)N/N=C\c2cc(C)n(-c3ccccc3F)c2C)cc1C. The van der Waals surface area contributed by atoms with Crippen LogP contribution >= 0.6 is 0 Å². The van der Waals surface area contributed by atoms with E-state index in [1.54, 1.807) is 34.9 Å². The number of benzene rings is 2. The maximum atomic E-state index is 14.2. The Balaban J connectivity index is 1.68. The van der Waals surface area contributed by atoms with Crippen LogP contribution in [0.15, 0.2) is 53.6 Å². The molecule has 1 aromatic heterocycles. The van der Waals surface area contributed by atoms with Gasteiger partial charge in [0.25, 0.3) is 0 Å². The highest BCUT2D eigenvalue weighted by molar-refractivity contribution is 6.39. The van der Waals surface area contributed by atoms with Crippen molar-refractivity contribution in [3.63, 3.8) is 0 Å². The fraction of sp³-hybridized carbons (Fsp3) is 0.174. The van der Waals surface area contributed by atoms with Crippen LogP contribution in [-0.4, -0.2) is 22.6 Å². The first kappa shape index (κ1) is 21.0. The number of rotatable bonds is 4. The lowest BCUT2D eigenvalue weighted by molar-refractivity contribution is -0.136. The molecule has 0 saturated carbocycles. The number of aromatic nitrogens is 1. The van der Waals surface area contributed by atoms with Crippen LogP contribution in [0.2, 0.25) is 0 Å². The molecule has 0 radical (unpaired) electrons. The molecule has 7 heteroatoms. The first-order valence-corrected chi connectivity index (χ1v) is 9.43. The topological polar surface area (TPSA) is 75.5 Å². The van der Waals surface area contributed by atoms with E-state index in [0.717, 1.165) is 22.5 Å². The number of para-hydroxylation sites is 1. The molecule has 0 bridgehead atoms. The molecule has 0 aliphatic carbocycles. The van der Waals surface area contributed by atoms with Gasteiger partial charge in [0.15, 0.2) is 0 Å². The number of nitrogens with zero attached hydrogens (tertiary/aromatic N) is 2. The number of hydrogen-bond acceptors (Lipinski definition) is 3. The minimum absolute atomic E-state index is 0.334. The molecule has 154 valence electrons. The highest BCUT2D eigenvalue weighted by Crippen LogP contribution is 2.21. The third-order valence-electron chi connectivity index (χ3n) is 4.90. The van der Waals surface area contributed by atoms with Gasteiger partial charge >= 0.3 is 11.8 Å². The zero-order valence-electron chi connectivity index (χ0n) is 17.3. The molecule has 0 spiro atoms. The lowest BCUT2D eigenvalue weighted by Gasteiger charge is -2.10. The number of carbonyl (C=O) groups is 2. The molecule has 3 aromatic rings. The van der Waals surface area contributed by atoms with E-state index in [1.165, 1.54) is 12.3 Å². The van der Waals surface area contributed by atoms with E-state index >= 15 is 0 Å². The number of nitrogens with one attached hydrogen (secondary N) is 2. The first-order chi connectivity index (χ1) is 14.3. The van der Waals surface area contributed by atoms with Crippen molar-refractivity contribution in [2.75, 3.05) is 5.32 Å². The number of aryl methyl sites for hydroxylation is 3. The van der Waals surface area contributed by atoms with Gasteiger partial charge in [-0.15, -0.1) is 0 Å². The van der Waals surface area contributed by atoms with Crippen molar-refractivity contribution >= 4 is 23.7 Å². The molecule has 0 atom stereocenters. The Labute approximate surface area is 174 Å². The summed E-state index contributed by atoms with van der Waals surface area (Å²) in [6.07, 6.45) is 1.43. The molecule has 30 heavy (non-hydrogen) atoms. The molecule has 0 saturated heterocycles. The highest BCUT2D eigenvalue weighted by atomic mass is 19.1. The van der Waals surface area contributed by atoms with Crippen LogP contribution in [0.1, 0.15) is 28.1 Å². The van der Waals surface area contributed by atoms with Crippen molar-refractivity contribution in [1.82, 2.24) is 9.99 Å². The second-order valence-electron chi connectivity index (χ2n) is 7.07. The van der Waals surface area contributed by atoms with Crippen LogP contribution in [0.3, 0.4) is 0 Å². The largest absolute Gasteiger partial charge is 0.329 e. The predicted octanol–water partition coefficient (Wildman–Crippen LogP) is 3.94. The fourth-order valence-electron chi connectivity index (χ4n) is 3.14. The monoisotopic (exact) mass is 406 g/mol. The van der Waals surface area contributed by atoms with Crippen molar-refractivity contribution in [3.8, 4) is 5.69 Å². The Morgan fingerprint density at radius 1 is 0.967 bits per heavy atom. The molecule has 0 unspecified atom stereocenters. The minimum Gasteiger partial charge on any atom is -0.318 e. The molecule has 2 N–H and O–H groups in total. The normalized spacial score (nSPS) is 11.0. The van der Waals surface area contributed by atoms with E-state index in [-0.39, 0.29) is 5.82 Å². The number of halogens is 1. The summed E-state index contributed by atoms with van der Waals surface area (Å²) in [7, 11) is 0. The van der Waals surface area contributed by atoms with Crippen LogP contribution in [0, 0.1) is 33.5 Å². The maximum Gasteiger partial charge on any atom is 0.329 e. The minimum atomic E-state index is -0.882. The van der Waals surface area contributed by atoms with Crippen molar-refractivity contribution in [3.05, 3.63) is 82.4 Å². The van der Waals surface area contributed by atoms with E-state index in [2.05, 4.69) is 15.8 Å². The quantitative estimate of drug-likeness (QED) is 0.391. The number of amides is 2. The van der Waals surface area contributed by atoms with Gasteiger partial charge in [0.05, 0.1) is 11.9 Å². The van der Waals surface area contributed by atoms with E-state index in [9.17, 15) is 14.0 Å². The Morgan fingerprint density at radius 3 is 2.40 bits per heavy atom. The summed E-state index contributed by atoms with van der Waals surface area (Å²) in [6.45, 7) is 7.57. The molecule has 2 aromatic carbocycles. The molecular formula is C23H23FN4O2. The lowest BCUT2D eigenvalue weighted by atomic mass is 10.1. The van der Waals surface area contributed by atoms with Crippen molar-refractivity contribution < 1.29 is 14.0 Å². The average molecular weight is 406 g/mol. The molecule has 0 fully saturated rings. The fourth-order valence-corrected chi connectivity index (χ4v) is 3.14. The average Bonchev–Trinajstić information content (AvgIpc) is 2.98. The second-order valence-corrected chi connectivity index (χ2v) is 7.07. The van der Waals surface area contributed by atoms with E-state index in [1.807, 2.05) is 39.8 Å². The lowest BCUT2D eigenvalue weighted by Crippen LogP contribution is -2.32. The third kappa shape index (κ3) is 4.46. The summed E-state index contributed by atoms with van der Waals surface area (Å²) >= 11 is 0. The summed E-state index contributed by atoms with van der Waals surface area (Å²) in [4.78, 5) is 24.1. The van der Waals surface area contributed by atoms with Crippen molar-refractivity contribution in [2.24, 2.45) is 5.10 Å². The van der Waals surface area contributed by atoms with Gasteiger partial charge in [-0.3, -0.25) is 9.59 Å². The second kappa shape index (κ2) is 8.73. The Hall–Kier alpha value is -3.74. The van der Waals surface area contributed by atoms with Crippen LogP contribution in [0.4, 0.5) is 10.1 Å². The standard InChI is InChI=1S/C23H23FN4O2/c1-14-9-10-19(11-15(14)2)26-22(29)23(30)27-25-13-18-12-16(3)28(17(18)4)21-8-6-5-7-20(21)24/h5-13H,1-4H3,(H,26,29)(H,27,30)/b25-13-. The molecule has 1 heterocycles. The Bertz CT molecular complexity index is 1150. The Morgan fingerprint density at radius 2 is 1.70 bits per heavy atom. The first-order valence-electron chi connectivity index (χ1n) is 9.43. The van der Waals surface area contributed by atoms with Gasteiger partial charge in [0, 0.05) is 22.6 Å². The predicted molar refractivity (Wildman–Crippen MR) is 115 cm³/mol. The number of anilines is 1. The van der Waals surface area contributed by atoms with Crippen LogP contribution in [0.5, 0.6) is 0 Å². The summed E-state index contributed by atoms with van der Waals surface area (Å²) in [5.41, 5.74) is 7.57. The van der Waals surface area contributed by atoms with Crippen molar-refractivity contribution in [2.45, 2.75) is 27.7 Å². The van der Waals surface area contributed by atoms with Gasteiger partial charge in [-0.05, 0) is 69.2 Å². The van der Waals surface area contributed by atoms with Gasteiger partial charge in [-0.1, -0.05) is 18.2 Å². The number of hydrazone groups is 1. The number of hydrogen-bond donors (Lipinski definition) is 2. The molecule has 2 amide bonds. The van der Waals surface area contributed by atoms with Crippen LogP contribution in [-0.2, 0) is 9.59 Å². The third-order valence-corrected chi connectivity index (χ3v) is 4.90. The van der Waals surface area contributed by atoms with Gasteiger partial charge < -0.3 is 9.88 Å². The maximum absolute atomic E-state index is 14.2. The Kier molecular flexibility index (Phi) is 6.11. The molecule has 0 aliphatic rings. The van der Waals surface area contributed by atoms with E-state index in [0.29, 0.717) is 16.9 Å². The molecule has 0 aliphatic heterocycles. The van der Waals surface area contributed by atoms with Gasteiger partial charge in [0.2, 0.25) is 0 Å². The highest BCUT2D eigenvalue weighted by Gasteiger charge is 2.14. The zero-order chi connectivity index (χ0) is 21.8.